The Kier molecular flexibility index (Phi) is 16.7. The zero-order valence-corrected chi connectivity index (χ0v) is 36.0. The fourth-order valence-corrected chi connectivity index (χ4v) is 7.60. The molecular weight excluding hydrogens is 920 g/mol. The van der Waals surface area contributed by atoms with E-state index >= 15 is 0 Å². The summed E-state index contributed by atoms with van der Waals surface area (Å²) in [5, 5.41) is 144. The molecule has 4 aromatic rings. The highest BCUT2D eigenvalue weighted by atomic mass is 16.7. The van der Waals surface area contributed by atoms with Gasteiger partial charge in [-0.1, -0.05) is 18.2 Å². The number of carboxylic acids is 1. The summed E-state index contributed by atoms with van der Waals surface area (Å²) < 4.78 is 33.8. The van der Waals surface area contributed by atoms with Gasteiger partial charge < -0.3 is 99.9 Å². The number of aromatic hydroxyl groups is 8. The average molecular weight is 971 g/mol. The van der Waals surface area contributed by atoms with E-state index in [2.05, 4.69) is 0 Å². The number of carbonyl (C=O) groups is 3. The van der Waals surface area contributed by atoms with Crippen LogP contribution in [-0.2, 0) is 55.6 Å². The minimum absolute atomic E-state index is 0.0811. The van der Waals surface area contributed by atoms with Gasteiger partial charge in [-0.3, -0.25) is 4.79 Å². The van der Waals surface area contributed by atoms with Crippen LogP contribution in [0.4, 0.5) is 0 Å². The Balaban J connectivity index is 1.24. The lowest BCUT2D eigenvalue weighted by molar-refractivity contribution is -0.349. The van der Waals surface area contributed by atoms with Gasteiger partial charge >= 0.3 is 17.9 Å². The second kappa shape index (κ2) is 22.5. The van der Waals surface area contributed by atoms with Crippen molar-refractivity contribution in [3.8, 4) is 46.0 Å². The molecule has 2 aliphatic heterocycles. The van der Waals surface area contributed by atoms with Crippen LogP contribution in [-0.4, -0.2) is 171 Å². The Morgan fingerprint density at radius 3 is 2.00 bits per heavy atom. The first-order valence-corrected chi connectivity index (χ1v) is 21.0. The number of carbonyl (C=O) groups excluding carboxylic acids is 2. The molecule has 2 aliphatic rings. The van der Waals surface area contributed by atoms with Crippen molar-refractivity contribution >= 4 is 24.0 Å². The quantitative estimate of drug-likeness (QED) is 0.0359. The second-order valence-corrected chi connectivity index (χ2v) is 16.1. The average Bonchev–Trinajstić information content (AvgIpc) is 3.30. The summed E-state index contributed by atoms with van der Waals surface area (Å²) in [6.07, 6.45) is -16.7. The zero-order chi connectivity index (χ0) is 50.3. The van der Waals surface area contributed by atoms with Crippen molar-refractivity contribution in [2.75, 3.05) is 19.8 Å². The molecule has 11 atom stereocenters. The SMILES string of the molecule is O=C(/C=C/c1ccc(O)c(O)c1)O[C@H]1[C@H](O[C@@H]2OC[C@@H](O)[C@H](O)[C@H]2O)[C@@H](O)[C@H](OCCc2cc(O)c(O)cc2[C@@H](CC(=O)O[C@H](Cc2ccc(O)c(O)c2)C(=O)O)c2ccc(O)c(O)c2)O[C@@H]1CO. The van der Waals surface area contributed by atoms with Gasteiger partial charge in [0.05, 0.1) is 26.2 Å². The molecule has 0 amide bonds. The van der Waals surface area contributed by atoms with Crippen molar-refractivity contribution in [1.82, 2.24) is 0 Å². The number of aliphatic hydroxyl groups is 5. The maximum Gasteiger partial charge on any atom is 0.345 e. The molecule has 2 fully saturated rings. The van der Waals surface area contributed by atoms with Crippen molar-refractivity contribution in [3.63, 3.8) is 0 Å². The summed E-state index contributed by atoms with van der Waals surface area (Å²) in [5.74, 6) is -9.40. The van der Waals surface area contributed by atoms with E-state index < -0.39 is 164 Å². The second-order valence-electron chi connectivity index (χ2n) is 16.1. The maximum atomic E-state index is 13.6. The number of carboxylic acid groups (broad SMARTS) is 1. The van der Waals surface area contributed by atoms with Gasteiger partial charge in [-0.25, -0.2) is 9.59 Å². The van der Waals surface area contributed by atoms with E-state index in [9.17, 15) is 85.9 Å². The van der Waals surface area contributed by atoms with Crippen LogP contribution in [0.3, 0.4) is 0 Å². The summed E-state index contributed by atoms with van der Waals surface area (Å²) in [4.78, 5) is 38.9. The molecule has 69 heavy (non-hydrogen) atoms. The molecule has 4 aromatic carbocycles. The summed E-state index contributed by atoms with van der Waals surface area (Å²) in [7, 11) is 0. The highest BCUT2D eigenvalue weighted by molar-refractivity contribution is 5.87. The molecule has 23 nitrogen and oxygen atoms in total. The van der Waals surface area contributed by atoms with Crippen LogP contribution >= 0.6 is 0 Å². The molecule has 0 saturated carbocycles. The molecule has 23 heteroatoms. The number of rotatable bonds is 18. The number of ether oxygens (including phenoxy) is 6. The lowest BCUT2D eigenvalue weighted by atomic mass is 9.84. The van der Waals surface area contributed by atoms with Gasteiger partial charge in [0.15, 0.2) is 64.7 Å². The lowest BCUT2D eigenvalue weighted by Crippen LogP contribution is -2.64. The van der Waals surface area contributed by atoms with Crippen molar-refractivity contribution in [1.29, 1.82) is 0 Å². The van der Waals surface area contributed by atoms with E-state index in [-0.39, 0.29) is 34.2 Å². The Morgan fingerprint density at radius 1 is 0.710 bits per heavy atom. The molecule has 372 valence electrons. The molecule has 2 heterocycles. The van der Waals surface area contributed by atoms with E-state index in [0.717, 1.165) is 54.6 Å². The maximum absolute atomic E-state index is 13.6. The van der Waals surface area contributed by atoms with Crippen molar-refractivity contribution in [3.05, 3.63) is 101 Å². The van der Waals surface area contributed by atoms with E-state index in [0.29, 0.717) is 0 Å². The van der Waals surface area contributed by atoms with Crippen molar-refractivity contribution < 1.29 is 114 Å². The number of aliphatic hydroxyl groups excluding tert-OH is 5. The van der Waals surface area contributed by atoms with E-state index in [1.807, 2.05) is 0 Å². The fraction of sp³-hybridized carbons (Fsp3) is 0.370. The standard InChI is InChI=1S/C46H50O23/c47-18-36-42(68-37(57)8-3-20-1-5-26(48)29(51)11-20)43(69-45-40(60)39(59)34(56)19-65-45)41(61)46(67-36)64-10-9-23-15-32(54)33(55)16-24(23)25(22-4-7-28(50)31(53)14-22)17-38(58)66-35(44(62)63)13-21-2-6-27(49)30(52)12-21/h1-8,11-12,14-16,25,34-36,39-43,45-56,59-61H,9-10,13,17-19H2,(H,62,63)/b8-3+/t25-,34+,35+,36+,39-,40+,41+,42+,43+,45-,46+/m0/s1. The Bertz CT molecular complexity index is 2490. The fourth-order valence-electron chi connectivity index (χ4n) is 7.60. The summed E-state index contributed by atoms with van der Waals surface area (Å²) in [6, 6.07) is 12.9. The van der Waals surface area contributed by atoms with Crippen molar-refractivity contribution in [2.45, 2.75) is 86.6 Å². The smallest absolute Gasteiger partial charge is 0.345 e. The summed E-state index contributed by atoms with van der Waals surface area (Å²) in [6.45, 7) is -1.88. The first kappa shape index (κ1) is 51.5. The van der Waals surface area contributed by atoms with Gasteiger partial charge in [0, 0.05) is 18.4 Å². The largest absolute Gasteiger partial charge is 0.504 e. The van der Waals surface area contributed by atoms with Gasteiger partial charge in [-0.15, -0.1) is 0 Å². The van der Waals surface area contributed by atoms with Gasteiger partial charge in [0.2, 0.25) is 6.10 Å². The number of phenols is 8. The monoisotopic (exact) mass is 970 g/mol. The van der Waals surface area contributed by atoms with Crippen LogP contribution in [0.25, 0.3) is 6.08 Å². The molecule has 0 unspecified atom stereocenters. The molecule has 0 aliphatic carbocycles. The highest BCUT2D eigenvalue weighted by Crippen LogP contribution is 2.40. The third-order valence-corrected chi connectivity index (χ3v) is 11.3. The summed E-state index contributed by atoms with van der Waals surface area (Å²) >= 11 is 0. The van der Waals surface area contributed by atoms with E-state index in [4.69, 9.17) is 28.4 Å². The normalized spacial score (nSPS) is 24.6. The lowest BCUT2D eigenvalue weighted by Gasteiger charge is -2.45. The molecular formula is C46H50O23. The highest BCUT2D eigenvalue weighted by Gasteiger charge is 2.51. The number of aliphatic carboxylic acids is 1. The van der Waals surface area contributed by atoms with Crippen LogP contribution in [0.15, 0.2) is 72.8 Å². The predicted molar refractivity (Wildman–Crippen MR) is 230 cm³/mol. The number of esters is 2. The van der Waals surface area contributed by atoms with Gasteiger partial charge in [-0.05, 0) is 88.8 Å². The minimum Gasteiger partial charge on any atom is -0.504 e. The van der Waals surface area contributed by atoms with Gasteiger partial charge in [0.25, 0.3) is 0 Å². The van der Waals surface area contributed by atoms with Crippen LogP contribution < -0.4 is 0 Å². The summed E-state index contributed by atoms with van der Waals surface area (Å²) in [5.41, 5.74) is 0.792. The molecule has 6 rings (SSSR count). The molecule has 0 radical (unpaired) electrons. The molecule has 14 N–H and O–H groups in total. The number of phenolic OH excluding ortho intramolecular Hbond substituents is 8. The van der Waals surface area contributed by atoms with Crippen LogP contribution in [0.2, 0.25) is 0 Å². The molecule has 0 spiro atoms. The van der Waals surface area contributed by atoms with Crippen LogP contribution in [0.1, 0.15) is 40.2 Å². The van der Waals surface area contributed by atoms with E-state index in [1.54, 1.807) is 0 Å². The topological polar surface area (TPSA) is 390 Å². The number of hydrogen-bond donors (Lipinski definition) is 14. The minimum atomic E-state index is -1.95. The first-order chi connectivity index (χ1) is 32.7. The number of benzene rings is 4. The third kappa shape index (κ3) is 12.6. The van der Waals surface area contributed by atoms with E-state index in [1.165, 1.54) is 24.3 Å². The van der Waals surface area contributed by atoms with Crippen LogP contribution in [0.5, 0.6) is 46.0 Å². The molecule has 2 saturated heterocycles. The Hall–Kier alpha value is -6.93. The Labute approximate surface area is 390 Å². The molecule has 0 aromatic heterocycles. The first-order valence-electron chi connectivity index (χ1n) is 21.0. The van der Waals surface area contributed by atoms with Crippen LogP contribution in [0, 0.1) is 0 Å². The van der Waals surface area contributed by atoms with Gasteiger partial charge in [0.1, 0.15) is 36.6 Å². The zero-order valence-electron chi connectivity index (χ0n) is 36.0. The van der Waals surface area contributed by atoms with Crippen molar-refractivity contribution in [2.24, 2.45) is 0 Å². The predicted octanol–water partition coefficient (Wildman–Crippen LogP) is 0.179. The Morgan fingerprint density at radius 2 is 1.35 bits per heavy atom. The molecule has 0 bridgehead atoms. The third-order valence-electron chi connectivity index (χ3n) is 11.3. The van der Waals surface area contributed by atoms with Gasteiger partial charge in [-0.2, -0.15) is 0 Å². The number of hydrogen-bond acceptors (Lipinski definition) is 22.